The van der Waals surface area contributed by atoms with Gasteiger partial charge < -0.3 is 27.8 Å². The van der Waals surface area contributed by atoms with E-state index in [1.807, 2.05) is 12.1 Å². The van der Waals surface area contributed by atoms with Crippen LogP contribution in [0, 0.1) is 0 Å². The summed E-state index contributed by atoms with van der Waals surface area (Å²) in [6.07, 6.45) is -2.31. The van der Waals surface area contributed by atoms with Crippen molar-refractivity contribution in [2.75, 3.05) is 13.2 Å². The lowest BCUT2D eigenvalue weighted by molar-refractivity contribution is -0.180. The van der Waals surface area contributed by atoms with Gasteiger partial charge >= 0.3 is 20.5 Å². The summed E-state index contributed by atoms with van der Waals surface area (Å²) in [7, 11) is -3.16. The quantitative estimate of drug-likeness (QED) is 0.224. The van der Waals surface area contributed by atoms with Gasteiger partial charge in [-0.2, -0.15) is 0 Å². The smallest absolute Gasteiger partial charge is 0.350 e. The van der Waals surface area contributed by atoms with Gasteiger partial charge in [0.05, 0.1) is 17.7 Å². The average Bonchev–Trinajstić information content (AvgIpc) is 3.26. The van der Waals surface area contributed by atoms with Crippen molar-refractivity contribution in [2.24, 2.45) is 0 Å². The average molecular weight is 569 g/mol. The highest BCUT2D eigenvalue weighted by Gasteiger charge is 2.68. The van der Waals surface area contributed by atoms with Crippen LogP contribution in [0.5, 0.6) is 0 Å². The maximum absolute atomic E-state index is 13.2. The molecular formula is C31H40O8Si. The van der Waals surface area contributed by atoms with Crippen molar-refractivity contribution >= 4 is 20.5 Å². The highest BCUT2D eigenvalue weighted by atomic mass is 28.4. The first kappa shape index (κ1) is 30.1. The molecule has 2 saturated heterocycles. The fourth-order valence-electron chi connectivity index (χ4n) is 5.55. The Balaban J connectivity index is 1.70. The van der Waals surface area contributed by atoms with Crippen LogP contribution in [-0.4, -0.2) is 64.4 Å². The molecule has 0 spiro atoms. The Hall–Kier alpha value is -2.82. The Morgan fingerprint density at radius 1 is 0.850 bits per heavy atom. The molecule has 0 N–H and O–H groups in total. The second kappa shape index (κ2) is 12.0. The van der Waals surface area contributed by atoms with Crippen molar-refractivity contribution in [2.45, 2.75) is 82.3 Å². The van der Waals surface area contributed by atoms with E-state index in [9.17, 15) is 9.59 Å². The summed E-state index contributed by atoms with van der Waals surface area (Å²) in [5, 5.41) is -0.794. The molecule has 0 aromatic heterocycles. The van der Waals surface area contributed by atoms with E-state index in [-0.39, 0.29) is 13.2 Å². The molecule has 5 atom stereocenters. The Labute approximate surface area is 237 Å². The largest absolute Gasteiger partial charge is 0.459 e. The Kier molecular flexibility index (Phi) is 9.01. The third-order valence-corrected chi connectivity index (χ3v) is 12.4. The number of ether oxygens (including phenoxy) is 4. The number of benzene rings is 2. The molecule has 0 radical (unpaired) electrons. The number of esters is 2. The number of hydrogen-bond donors (Lipinski definition) is 0. The maximum atomic E-state index is 13.2. The summed E-state index contributed by atoms with van der Waals surface area (Å²) in [4.78, 5) is 26.1. The predicted molar refractivity (Wildman–Crippen MR) is 152 cm³/mol. The van der Waals surface area contributed by atoms with Gasteiger partial charge in [-0.1, -0.05) is 84.0 Å². The van der Waals surface area contributed by atoms with Crippen LogP contribution in [-0.2, 0) is 27.8 Å². The standard InChI is InChI=1S/C31H40O8Si/c1-8-19-34-29-26(36-28(33)22-17-13-10-14-18-22)25-24(37-29)23(20-35-27(32)21-15-11-9-12-16-21)38-40(39-25,30(2,3)4)31(5,6)7/h8-18,23-26,29H,1,19-20H2,2-7H3/t23-,24+,25+,26-,29-/m1/s1. The Morgan fingerprint density at radius 3 is 1.93 bits per heavy atom. The molecule has 2 fully saturated rings. The number of carbonyl (C=O) groups is 2. The van der Waals surface area contributed by atoms with Gasteiger partial charge in [-0.25, -0.2) is 9.59 Å². The van der Waals surface area contributed by atoms with Gasteiger partial charge in [0.1, 0.15) is 24.9 Å². The summed E-state index contributed by atoms with van der Waals surface area (Å²) in [6.45, 7) is 16.4. The van der Waals surface area contributed by atoms with Crippen molar-refractivity contribution in [3.63, 3.8) is 0 Å². The van der Waals surface area contributed by atoms with Gasteiger partial charge in [0.15, 0.2) is 12.4 Å². The summed E-state index contributed by atoms with van der Waals surface area (Å²) < 4.78 is 37.9. The number of hydrogen-bond acceptors (Lipinski definition) is 8. The van der Waals surface area contributed by atoms with Crippen LogP contribution >= 0.6 is 0 Å². The van der Waals surface area contributed by atoms with Gasteiger partial charge in [-0.3, -0.25) is 0 Å². The molecule has 4 rings (SSSR count). The third-order valence-electron chi connectivity index (χ3n) is 7.19. The molecule has 216 valence electrons. The zero-order valence-corrected chi connectivity index (χ0v) is 25.1. The molecule has 2 aliphatic heterocycles. The molecule has 40 heavy (non-hydrogen) atoms. The van der Waals surface area contributed by atoms with E-state index in [1.165, 1.54) is 0 Å². The number of rotatable bonds is 8. The SMILES string of the molecule is C=CCO[C@@H]1O[C@@H]2[C@H](O[Si](C(C)(C)C)(C(C)(C)C)O[C@@H]2COC(=O)c2ccccc2)[C@H]1OC(=O)c1ccccc1. The lowest BCUT2D eigenvalue weighted by Gasteiger charge is -2.55. The number of carbonyl (C=O) groups excluding carboxylic acids is 2. The topological polar surface area (TPSA) is 89.5 Å². The van der Waals surface area contributed by atoms with Gasteiger partial charge in [-0.05, 0) is 24.3 Å². The van der Waals surface area contributed by atoms with Gasteiger partial charge in [-0.15, -0.1) is 6.58 Å². The fraction of sp³-hybridized carbons (Fsp3) is 0.484. The maximum Gasteiger partial charge on any atom is 0.350 e. The van der Waals surface area contributed by atoms with Crippen LogP contribution in [0.15, 0.2) is 73.3 Å². The van der Waals surface area contributed by atoms with Crippen molar-refractivity contribution in [1.82, 2.24) is 0 Å². The van der Waals surface area contributed by atoms with Crippen molar-refractivity contribution in [3.05, 3.63) is 84.4 Å². The van der Waals surface area contributed by atoms with E-state index >= 15 is 0 Å². The second-order valence-electron chi connectivity index (χ2n) is 12.1. The number of fused-ring (bicyclic) bond motifs is 1. The molecule has 2 aromatic carbocycles. The summed E-state index contributed by atoms with van der Waals surface area (Å²) >= 11 is 0. The molecule has 9 heteroatoms. The van der Waals surface area contributed by atoms with Gasteiger partial charge in [0, 0.05) is 10.1 Å². The molecule has 0 amide bonds. The third kappa shape index (κ3) is 6.08. The minimum Gasteiger partial charge on any atom is -0.459 e. The molecular weight excluding hydrogens is 528 g/mol. The second-order valence-corrected chi connectivity index (χ2v) is 16.9. The van der Waals surface area contributed by atoms with Crippen LogP contribution in [0.25, 0.3) is 0 Å². The molecule has 2 heterocycles. The van der Waals surface area contributed by atoms with Crippen molar-refractivity contribution < 1.29 is 37.4 Å². The van der Waals surface area contributed by atoms with Crippen LogP contribution in [0.3, 0.4) is 0 Å². The normalized spacial score (nSPS) is 26.0. The molecule has 2 aliphatic rings. The zero-order chi connectivity index (χ0) is 29.1. The first-order chi connectivity index (χ1) is 18.9. The predicted octanol–water partition coefficient (Wildman–Crippen LogP) is 5.82. The first-order valence-corrected chi connectivity index (χ1v) is 15.4. The van der Waals surface area contributed by atoms with E-state index in [4.69, 9.17) is 27.8 Å². The minimum absolute atomic E-state index is 0.0628. The van der Waals surface area contributed by atoms with E-state index in [1.54, 1.807) is 54.6 Å². The van der Waals surface area contributed by atoms with E-state index in [0.717, 1.165) is 0 Å². The molecule has 2 aromatic rings. The zero-order valence-electron chi connectivity index (χ0n) is 24.1. The van der Waals surface area contributed by atoms with Crippen LogP contribution in [0.4, 0.5) is 0 Å². The monoisotopic (exact) mass is 568 g/mol. The highest BCUT2D eigenvalue weighted by Crippen LogP contribution is 2.56. The van der Waals surface area contributed by atoms with Gasteiger partial charge in [0.2, 0.25) is 0 Å². The van der Waals surface area contributed by atoms with E-state index in [0.29, 0.717) is 11.1 Å². The summed E-state index contributed by atoms with van der Waals surface area (Å²) in [5.41, 5.74) is 0.847. The lowest BCUT2D eigenvalue weighted by atomic mass is 10.1. The summed E-state index contributed by atoms with van der Waals surface area (Å²) in [5.74, 6) is -0.974. The minimum atomic E-state index is -3.16. The fourth-order valence-corrected chi connectivity index (χ4v) is 10.5. The molecule has 0 aliphatic carbocycles. The van der Waals surface area contributed by atoms with Crippen molar-refractivity contribution in [1.29, 1.82) is 0 Å². The van der Waals surface area contributed by atoms with Gasteiger partial charge in [0.25, 0.3) is 0 Å². The molecule has 0 bridgehead atoms. The molecule has 0 unspecified atom stereocenters. The van der Waals surface area contributed by atoms with E-state index < -0.39 is 61.3 Å². The van der Waals surface area contributed by atoms with Crippen molar-refractivity contribution in [3.8, 4) is 0 Å². The lowest BCUT2D eigenvalue weighted by Crippen LogP contribution is -2.69. The Morgan fingerprint density at radius 2 is 1.40 bits per heavy atom. The first-order valence-electron chi connectivity index (χ1n) is 13.6. The van der Waals surface area contributed by atoms with Crippen LogP contribution in [0.1, 0.15) is 62.3 Å². The van der Waals surface area contributed by atoms with E-state index in [2.05, 4.69) is 48.1 Å². The van der Waals surface area contributed by atoms with Crippen LogP contribution in [0.2, 0.25) is 10.1 Å². The Bertz CT molecular complexity index is 1160. The summed E-state index contributed by atoms with van der Waals surface area (Å²) in [6, 6.07) is 17.5. The highest BCUT2D eigenvalue weighted by molar-refractivity contribution is 6.73. The molecule has 0 saturated carbocycles. The molecule has 8 nitrogen and oxygen atoms in total. The van der Waals surface area contributed by atoms with Crippen LogP contribution < -0.4 is 0 Å².